The van der Waals surface area contributed by atoms with Gasteiger partial charge in [0.25, 0.3) is 0 Å². The second kappa shape index (κ2) is 7.09. The van der Waals surface area contributed by atoms with Crippen LogP contribution < -0.4 is 5.32 Å². The van der Waals surface area contributed by atoms with E-state index in [0.717, 1.165) is 28.3 Å². The van der Waals surface area contributed by atoms with E-state index in [1.165, 1.54) is 0 Å². The zero-order chi connectivity index (χ0) is 11.1. The van der Waals surface area contributed by atoms with E-state index in [9.17, 15) is 0 Å². The predicted octanol–water partition coefficient (Wildman–Crippen LogP) is 3.22. The first-order valence-electron chi connectivity index (χ1n) is 4.34. The first kappa shape index (κ1) is 12.8. The molecule has 6 heteroatoms. The highest BCUT2D eigenvalue weighted by molar-refractivity contribution is 9.10. The van der Waals surface area contributed by atoms with Crippen molar-refractivity contribution in [3.05, 3.63) is 28.6 Å². The fourth-order valence-electron chi connectivity index (χ4n) is 0.878. The molecule has 0 aliphatic rings. The second-order valence-corrected chi connectivity index (χ2v) is 4.97. The van der Waals surface area contributed by atoms with Gasteiger partial charge in [0.05, 0.1) is 4.47 Å². The molecule has 1 rings (SSSR count). The third-order valence-corrected chi connectivity index (χ3v) is 3.22. The minimum absolute atomic E-state index is 0.249. The van der Waals surface area contributed by atoms with Gasteiger partial charge in [-0.05, 0) is 27.5 Å². The number of hydrogen-bond acceptors (Lipinski definition) is 4. The molecular formula is C9H11BrClN3S. The number of nitrogens with one attached hydrogen (secondary N) is 1. The summed E-state index contributed by atoms with van der Waals surface area (Å²) in [5, 5.41) is 3.42. The molecule has 0 saturated heterocycles. The van der Waals surface area contributed by atoms with E-state index < -0.39 is 0 Å². The van der Waals surface area contributed by atoms with Crippen LogP contribution in [0.1, 0.15) is 0 Å². The van der Waals surface area contributed by atoms with Crippen molar-refractivity contribution in [2.24, 2.45) is 0 Å². The monoisotopic (exact) mass is 307 g/mol. The lowest BCUT2D eigenvalue weighted by Gasteiger charge is -2.06. The molecule has 0 bridgehead atoms. The largest absolute Gasteiger partial charge is 0.368 e. The Morgan fingerprint density at radius 1 is 1.67 bits per heavy atom. The van der Waals surface area contributed by atoms with Crippen LogP contribution in [0.4, 0.5) is 5.82 Å². The van der Waals surface area contributed by atoms with Gasteiger partial charge in [-0.3, -0.25) is 0 Å². The molecule has 0 aliphatic heterocycles. The maximum Gasteiger partial charge on any atom is 0.224 e. The van der Waals surface area contributed by atoms with Gasteiger partial charge in [0.1, 0.15) is 5.82 Å². The lowest BCUT2D eigenvalue weighted by atomic mass is 10.5. The topological polar surface area (TPSA) is 37.8 Å². The SMILES string of the molecule is C=CCSCCNc1nc(Cl)ncc1Br. The number of anilines is 1. The van der Waals surface area contributed by atoms with Gasteiger partial charge in [-0.1, -0.05) is 6.08 Å². The summed E-state index contributed by atoms with van der Waals surface area (Å²) < 4.78 is 0.820. The van der Waals surface area contributed by atoms with Gasteiger partial charge >= 0.3 is 0 Å². The molecule has 0 amide bonds. The van der Waals surface area contributed by atoms with Crippen LogP contribution in [0.25, 0.3) is 0 Å². The van der Waals surface area contributed by atoms with Crippen LogP contribution in [0, 0.1) is 0 Å². The maximum atomic E-state index is 5.68. The van der Waals surface area contributed by atoms with Crippen LogP contribution in [0.15, 0.2) is 23.3 Å². The first-order valence-corrected chi connectivity index (χ1v) is 6.67. The number of thioether (sulfide) groups is 1. The summed E-state index contributed by atoms with van der Waals surface area (Å²) in [5.74, 6) is 2.70. The van der Waals surface area contributed by atoms with Gasteiger partial charge in [0.15, 0.2) is 0 Å². The molecule has 1 heterocycles. The van der Waals surface area contributed by atoms with Crippen molar-refractivity contribution in [2.45, 2.75) is 0 Å². The lowest BCUT2D eigenvalue weighted by molar-refractivity contribution is 1.10. The minimum Gasteiger partial charge on any atom is -0.368 e. The number of nitrogens with zero attached hydrogens (tertiary/aromatic N) is 2. The Morgan fingerprint density at radius 3 is 3.20 bits per heavy atom. The first-order chi connectivity index (χ1) is 7.24. The Hall–Kier alpha value is -0.260. The van der Waals surface area contributed by atoms with Crippen LogP contribution >= 0.6 is 39.3 Å². The molecule has 0 atom stereocenters. The van der Waals surface area contributed by atoms with Crippen LogP contribution in [0.3, 0.4) is 0 Å². The molecule has 3 nitrogen and oxygen atoms in total. The quantitative estimate of drug-likeness (QED) is 0.497. The van der Waals surface area contributed by atoms with Crippen molar-refractivity contribution < 1.29 is 0 Å². The number of halogens is 2. The minimum atomic E-state index is 0.249. The molecule has 0 spiro atoms. The standard InChI is InChI=1S/C9H11BrClN3S/c1-2-4-15-5-3-12-8-7(10)6-13-9(11)14-8/h2,6H,1,3-5H2,(H,12,13,14). The van der Waals surface area contributed by atoms with E-state index in [0.29, 0.717) is 0 Å². The van der Waals surface area contributed by atoms with Crippen molar-refractivity contribution in [3.63, 3.8) is 0 Å². The number of hydrogen-bond donors (Lipinski definition) is 1. The van der Waals surface area contributed by atoms with Crippen molar-refractivity contribution in [1.82, 2.24) is 9.97 Å². The zero-order valence-electron chi connectivity index (χ0n) is 8.04. The highest BCUT2D eigenvalue weighted by Gasteiger charge is 2.02. The molecular weight excluding hydrogens is 298 g/mol. The Morgan fingerprint density at radius 2 is 2.47 bits per heavy atom. The van der Waals surface area contributed by atoms with Crippen molar-refractivity contribution >= 4 is 45.1 Å². The predicted molar refractivity (Wildman–Crippen MR) is 70.8 cm³/mol. The van der Waals surface area contributed by atoms with Gasteiger partial charge in [-0.15, -0.1) is 6.58 Å². The van der Waals surface area contributed by atoms with E-state index in [4.69, 9.17) is 11.6 Å². The Bertz CT molecular complexity index is 335. The van der Waals surface area contributed by atoms with E-state index in [-0.39, 0.29) is 5.28 Å². The molecule has 15 heavy (non-hydrogen) atoms. The van der Waals surface area contributed by atoms with Gasteiger partial charge in [0.2, 0.25) is 5.28 Å². The molecule has 0 aliphatic carbocycles. The third-order valence-electron chi connectivity index (χ3n) is 1.49. The van der Waals surface area contributed by atoms with Crippen LogP contribution in [0.5, 0.6) is 0 Å². The summed E-state index contributed by atoms with van der Waals surface area (Å²) in [6.07, 6.45) is 3.52. The summed E-state index contributed by atoms with van der Waals surface area (Å²) in [6, 6.07) is 0. The Kier molecular flexibility index (Phi) is 6.05. The molecule has 0 unspecified atom stereocenters. The van der Waals surface area contributed by atoms with Crippen LogP contribution in [0.2, 0.25) is 5.28 Å². The van der Waals surface area contributed by atoms with E-state index in [1.807, 2.05) is 17.8 Å². The molecule has 1 N–H and O–H groups in total. The van der Waals surface area contributed by atoms with E-state index >= 15 is 0 Å². The summed E-state index contributed by atoms with van der Waals surface area (Å²) in [7, 11) is 0. The summed E-state index contributed by atoms with van der Waals surface area (Å²) in [5.41, 5.74) is 0. The summed E-state index contributed by atoms with van der Waals surface area (Å²) in [6.45, 7) is 4.49. The van der Waals surface area contributed by atoms with Crippen molar-refractivity contribution in [2.75, 3.05) is 23.4 Å². The van der Waals surface area contributed by atoms with Gasteiger partial charge in [0, 0.05) is 24.2 Å². The van der Waals surface area contributed by atoms with Gasteiger partial charge in [-0.25, -0.2) is 4.98 Å². The Labute approximate surface area is 107 Å². The molecule has 1 aromatic heterocycles. The highest BCUT2D eigenvalue weighted by Crippen LogP contribution is 2.19. The Balaban J connectivity index is 2.36. The molecule has 0 fully saturated rings. The molecule has 0 radical (unpaired) electrons. The molecule has 0 saturated carbocycles. The van der Waals surface area contributed by atoms with Crippen molar-refractivity contribution in [1.29, 1.82) is 0 Å². The van der Waals surface area contributed by atoms with E-state index in [1.54, 1.807) is 6.20 Å². The fraction of sp³-hybridized carbons (Fsp3) is 0.333. The smallest absolute Gasteiger partial charge is 0.224 e. The lowest BCUT2D eigenvalue weighted by Crippen LogP contribution is -2.07. The second-order valence-electron chi connectivity index (χ2n) is 2.63. The van der Waals surface area contributed by atoms with Crippen LogP contribution in [-0.2, 0) is 0 Å². The average molecular weight is 309 g/mol. The van der Waals surface area contributed by atoms with E-state index in [2.05, 4.69) is 37.8 Å². The zero-order valence-corrected chi connectivity index (χ0v) is 11.2. The summed E-state index contributed by atoms with van der Waals surface area (Å²) in [4.78, 5) is 7.90. The van der Waals surface area contributed by atoms with Crippen LogP contribution in [-0.4, -0.2) is 28.0 Å². The molecule has 1 aromatic rings. The third kappa shape index (κ3) is 4.86. The number of rotatable bonds is 6. The molecule has 82 valence electrons. The van der Waals surface area contributed by atoms with Gasteiger partial charge < -0.3 is 5.32 Å². The average Bonchev–Trinajstić information content (AvgIpc) is 2.23. The highest BCUT2D eigenvalue weighted by atomic mass is 79.9. The van der Waals surface area contributed by atoms with Gasteiger partial charge in [-0.2, -0.15) is 16.7 Å². The normalized spacial score (nSPS) is 10.0. The molecule has 0 aromatic carbocycles. The summed E-state index contributed by atoms with van der Waals surface area (Å²) >= 11 is 10.8. The van der Waals surface area contributed by atoms with Crippen molar-refractivity contribution in [3.8, 4) is 0 Å². The fourth-order valence-corrected chi connectivity index (χ4v) is 1.92. The number of aromatic nitrogens is 2. The maximum absolute atomic E-state index is 5.68.